The molecule has 3 rings (SSSR count). The summed E-state index contributed by atoms with van der Waals surface area (Å²) in [4.78, 5) is 2.68. The number of rotatable bonds is 3. The first-order chi connectivity index (χ1) is 6.86. The van der Waals surface area contributed by atoms with Gasteiger partial charge in [-0.05, 0) is 56.7 Å². The van der Waals surface area contributed by atoms with E-state index in [1.165, 1.54) is 64.8 Å². The molecule has 80 valence electrons. The van der Waals surface area contributed by atoms with E-state index in [1.54, 1.807) is 0 Å². The molecule has 0 amide bonds. The molecule has 2 saturated heterocycles. The highest BCUT2D eigenvalue weighted by Crippen LogP contribution is 2.48. The molecule has 1 N–H and O–H groups in total. The first-order valence-corrected chi connectivity index (χ1v) is 6.29. The van der Waals surface area contributed by atoms with Crippen LogP contribution in [-0.2, 0) is 0 Å². The molecule has 1 saturated carbocycles. The Kier molecular flexibility index (Phi) is 2.29. The average Bonchev–Trinajstić information content (AvgIpc) is 2.50. The summed E-state index contributed by atoms with van der Waals surface area (Å²) in [6.07, 6.45) is 7.39. The molecule has 2 heteroatoms. The summed E-state index contributed by atoms with van der Waals surface area (Å²) in [5.74, 6) is 0.980. The van der Waals surface area contributed by atoms with E-state index in [2.05, 4.69) is 10.2 Å². The van der Waals surface area contributed by atoms with Crippen molar-refractivity contribution >= 4 is 0 Å². The van der Waals surface area contributed by atoms with Gasteiger partial charge in [0.15, 0.2) is 0 Å². The molecule has 1 atom stereocenters. The summed E-state index contributed by atoms with van der Waals surface area (Å²) in [6, 6.07) is 0. The fourth-order valence-electron chi connectivity index (χ4n) is 3.38. The summed E-state index contributed by atoms with van der Waals surface area (Å²) < 4.78 is 0. The zero-order valence-corrected chi connectivity index (χ0v) is 9.10. The highest BCUT2D eigenvalue weighted by atomic mass is 15.2. The number of hydrogen-bond acceptors (Lipinski definition) is 2. The van der Waals surface area contributed by atoms with Crippen molar-refractivity contribution in [2.24, 2.45) is 11.3 Å². The first-order valence-electron chi connectivity index (χ1n) is 6.29. The van der Waals surface area contributed by atoms with Crippen molar-refractivity contribution in [3.05, 3.63) is 0 Å². The SMILES string of the molecule is C1CC2(C1)CN(CCC1CCNC1)C2. The molecule has 3 aliphatic rings. The molecule has 2 heterocycles. The van der Waals surface area contributed by atoms with Crippen molar-refractivity contribution in [2.75, 3.05) is 32.7 Å². The lowest BCUT2D eigenvalue weighted by Crippen LogP contribution is -2.59. The lowest BCUT2D eigenvalue weighted by atomic mass is 9.63. The fraction of sp³-hybridized carbons (Fsp3) is 1.00. The van der Waals surface area contributed by atoms with Crippen molar-refractivity contribution in [3.8, 4) is 0 Å². The number of nitrogens with one attached hydrogen (secondary N) is 1. The van der Waals surface area contributed by atoms with Gasteiger partial charge in [0.2, 0.25) is 0 Å². The van der Waals surface area contributed by atoms with Gasteiger partial charge in [-0.15, -0.1) is 0 Å². The van der Waals surface area contributed by atoms with Gasteiger partial charge in [-0.2, -0.15) is 0 Å². The second-order valence-electron chi connectivity index (χ2n) is 5.71. The molecule has 0 radical (unpaired) electrons. The van der Waals surface area contributed by atoms with Crippen LogP contribution in [0.3, 0.4) is 0 Å². The number of hydrogen-bond donors (Lipinski definition) is 1. The van der Waals surface area contributed by atoms with Gasteiger partial charge in [-0.1, -0.05) is 6.42 Å². The zero-order valence-electron chi connectivity index (χ0n) is 9.10. The molecule has 2 nitrogen and oxygen atoms in total. The van der Waals surface area contributed by atoms with Gasteiger partial charge < -0.3 is 10.2 Å². The van der Waals surface area contributed by atoms with Gasteiger partial charge in [-0.25, -0.2) is 0 Å². The fourth-order valence-corrected chi connectivity index (χ4v) is 3.38. The predicted molar refractivity (Wildman–Crippen MR) is 58.3 cm³/mol. The van der Waals surface area contributed by atoms with E-state index < -0.39 is 0 Å². The second kappa shape index (κ2) is 3.49. The second-order valence-corrected chi connectivity index (χ2v) is 5.71. The normalized spacial score (nSPS) is 35.6. The Bertz CT molecular complexity index is 196. The van der Waals surface area contributed by atoms with Gasteiger partial charge in [0.05, 0.1) is 0 Å². The molecule has 2 aliphatic heterocycles. The molecular formula is C12H22N2. The van der Waals surface area contributed by atoms with Gasteiger partial charge in [0.25, 0.3) is 0 Å². The van der Waals surface area contributed by atoms with E-state index in [0.717, 1.165) is 11.3 Å². The summed E-state index contributed by atoms with van der Waals surface area (Å²) in [6.45, 7) is 6.75. The first kappa shape index (κ1) is 9.17. The summed E-state index contributed by atoms with van der Waals surface area (Å²) in [5, 5.41) is 3.45. The van der Waals surface area contributed by atoms with E-state index in [1.807, 2.05) is 0 Å². The Morgan fingerprint density at radius 1 is 1.29 bits per heavy atom. The van der Waals surface area contributed by atoms with Crippen molar-refractivity contribution in [1.82, 2.24) is 10.2 Å². The van der Waals surface area contributed by atoms with Crippen LogP contribution in [0.15, 0.2) is 0 Å². The maximum atomic E-state index is 3.45. The van der Waals surface area contributed by atoms with Gasteiger partial charge in [0, 0.05) is 13.1 Å². The molecule has 0 bridgehead atoms. The summed E-state index contributed by atoms with van der Waals surface area (Å²) in [5.41, 5.74) is 0.827. The third kappa shape index (κ3) is 1.59. The third-order valence-corrected chi connectivity index (χ3v) is 4.55. The van der Waals surface area contributed by atoms with Crippen molar-refractivity contribution < 1.29 is 0 Å². The molecule has 1 aliphatic carbocycles. The van der Waals surface area contributed by atoms with E-state index in [0.29, 0.717) is 0 Å². The van der Waals surface area contributed by atoms with Crippen LogP contribution in [0.4, 0.5) is 0 Å². The van der Waals surface area contributed by atoms with Crippen molar-refractivity contribution in [2.45, 2.75) is 32.1 Å². The molecule has 1 spiro atoms. The average molecular weight is 194 g/mol. The van der Waals surface area contributed by atoms with E-state index in [4.69, 9.17) is 0 Å². The monoisotopic (exact) mass is 194 g/mol. The van der Waals surface area contributed by atoms with Gasteiger partial charge >= 0.3 is 0 Å². The standard InChI is InChI=1S/C12H22N2/c1-4-12(5-1)9-14(10-12)7-3-11-2-6-13-8-11/h11,13H,1-10H2. The zero-order chi connectivity index (χ0) is 9.43. The Morgan fingerprint density at radius 2 is 2.14 bits per heavy atom. The van der Waals surface area contributed by atoms with Crippen LogP contribution in [0.1, 0.15) is 32.1 Å². The molecule has 1 unspecified atom stereocenters. The number of likely N-dealkylation sites (tertiary alicyclic amines) is 1. The van der Waals surface area contributed by atoms with Crippen LogP contribution < -0.4 is 5.32 Å². The quantitative estimate of drug-likeness (QED) is 0.732. The Hall–Kier alpha value is -0.0800. The highest BCUT2D eigenvalue weighted by Gasteiger charge is 2.46. The Labute approximate surface area is 87.0 Å². The van der Waals surface area contributed by atoms with Crippen LogP contribution >= 0.6 is 0 Å². The smallest absolute Gasteiger partial charge is 0.00505 e. The minimum absolute atomic E-state index is 0.827. The summed E-state index contributed by atoms with van der Waals surface area (Å²) in [7, 11) is 0. The molecule has 3 fully saturated rings. The third-order valence-electron chi connectivity index (χ3n) is 4.55. The molecule has 0 aromatic heterocycles. The van der Waals surface area contributed by atoms with Crippen LogP contribution in [0.25, 0.3) is 0 Å². The molecular weight excluding hydrogens is 172 g/mol. The highest BCUT2D eigenvalue weighted by molar-refractivity contribution is 5.00. The molecule has 0 aromatic carbocycles. The van der Waals surface area contributed by atoms with Crippen molar-refractivity contribution in [1.29, 1.82) is 0 Å². The Morgan fingerprint density at radius 3 is 2.71 bits per heavy atom. The number of nitrogens with zero attached hydrogens (tertiary/aromatic N) is 1. The molecule has 14 heavy (non-hydrogen) atoms. The topological polar surface area (TPSA) is 15.3 Å². The largest absolute Gasteiger partial charge is 0.316 e. The minimum Gasteiger partial charge on any atom is -0.316 e. The maximum Gasteiger partial charge on any atom is 0.00505 e. The minimum atomic E-state index is 0.827. The van der Waals surface area contributed by atoms with Crippen LogP contribution in [0.2, 0.25) is 0 Å². The van der Waals surface area contributed by atoms with Crippen molar-refractivity contribution in [3.63, 3.8) is 0 Å². The molecule has 0 aromatic rings. The lowest BCUT2D eigenvalue weighted by Gasteiger charge is -2.56. The predicted octanol–water partition coefficient (Wildman–Crippen LogP) is 1.47. The van der Waals surface area contributed by atoms with Gasteiger partial charge in [0.1, 0.15) is 0 Å². The van der Waals surface area contributed by atoms with E-state index >= 15 is 0 Å². The van der Waals surface area contributed by atoms with Crippen LogP contribution in [0, 0.1) is 11.3 Å². The van der Waals surface area contributed by atoms with E-state index in [-0.39, 0.29) is 0 Å². The summed E-state index contributed by atoms with van der Waals surface area (Å²) >= 11 is 0. The lowest BCUT2D eigenvalue weighted by molar-refractivity contribution is -0.0612. The van der Waals surface area contributed by atoms with Gasteiger partial charge in [-0.3, -0.25) is 0 Å². The van der Waals surface area contributed by atoms with Crippen LogP contribution in [0.5, 0.6) is 0 Å². The van der Waals surface area contributed by atoms with Crippen LogP contribution in [-0.4, -0.2) is 37.6 Å². The Balaban J connectivity index is 1.34. The maximum absolute atomic E-state index is 3.45. The van der Waals surface area contributed by atoms with E-state index in [9.17, 15) is 0 Å².